The van der Waals surface area contributed by atoms with E-state index >= 15 is 0 Å². The molecule has 2 nitrogen and oxygen atoms in total. The molecular formula is C14H17Cl2NOS. The van der Waals surface area contributed by atoms with Gasteiger partial charge in [0.05, 0.1) is 16.4 Å². The summed E-state index contributed by atoms with van der Waals surface area (Å²) < 4.78 is 1.11. The topological polar surface area (TPSA) is 20.3 Å². The molecular weight excluding hydrogens is 301 g/mol. The molecule has 1 saturated carbocycles. The van der Waals surface area contributed by atoms with Crippen molar-refractivity contribution in [3.63, 3.8) is 0 Å². The summed E-state index contributed by atoms with van der Waals surface area (Å²) in [6.07, 6.45) is 6.44. The van der Waals surface area contributed by atoms with Crippen molar-refractivity contribution in [2.75, 3.05) is 13.1 Å². The lowest BCUT2D eigenvalue weighted by Gasteiger charge is -2.37. The Morgan fingerprint density at radius 2 is 2.11 bits per heavy atom. The van der Waals surface area contributed by atoms with Gasteiger partial charge in [-0.2, -0.15) is 0 Å². The normalized spacial score (nSPS) is 27.5. The summed E-state index contributed by atoms with van der Waals surface area (Å²) in [4.78, 5) is 14.7. The summed E-state index contributed by atoms with van der Waals surface area (Å²) in [5.41, 5.74) is 0.594. The summed E-state index contributed by atoms with van der Waals surface area (Å²) in [7, 11) is 0. The van der Waals surface area contributed by atoms with Gasteiger partial charge < -0.3 is 0 Å². The fourth-order valence-electron chi connectivity index (χ4n) is 3.55. The summed E-state index contributed by atoms with van der Waals surface area (Å²) in [5.74, 6) is 0.920. The van der Waals surface area contributed by atoms with Crippen LogP contribution >= 0.6 is 34.5 Å². The second kappa shape index (κ2) is 5.72. The largest absolute Gasteiger partial charge is 0.293 e. The Labute approximate surface area is 127 Å². The number of hydrogen-bond acceptors (Lipinski definition) is 3. The van der Waals surface area contributed by atoms with Gasteiger partial charge in [-0.15, -0.1) is 11.3 Å². The van der Waals surface area contributed by atoms with E-state index in [0.29, 0.717) is 26.8 Å². The maximum atomic E-state index is 12.4. The molecule has 2 aliphatic rings. The van der Waals surface area contributed by atoms with E-state index in [2.05, 4.69) is 4.90 Å². The first-order chi connectivity index (χ1) is 9.15. The highest BCUT2D eigenvalue weighted by Crippen LogP contribution is 2.37. The summed E-state index contributed by atoms with van der Waals surface area (Å²) >= 11 is 13.2. The van der Waals surface area contributed by atoms with Crippen molar-refractivity contribution in [1.29, 1.82) is 0 Å². The Morgan fingerprint density at radius 1 is 1.32 bits per heavy atom. The van der Waals surface area contributed by atoms with Gasteiger partial charge in [-0.3, -0.25) is 9.69 Å². The van der Waals surface area contributed by atoms with Crippen LogP contribution in [0.25, 0.3) is 0 Å². The molecule has 2 fully saturated rings. The Kier molecular flexibility index (Phi) is 4.18. The minimum atomic E-state index is 0.112. The Balaban J connectivity index is 1.70. The molecule has 5 heteroatoms. The van der Waals surface area contributed by atoms with Crippen LogP contribution in [0, 0.1) is 5.92 Å². The third kappa shape index (κ3) is 2.85. The Bertz CT molecular complexity index is 488. The fraction of sp³-hybridized carbons (Fsp3) is 0.643. The van der Waals surface area contributed by atoms with Gasteiger partial charge in [0.1, 0.15) is 4.34 Å². The average molecular weight is 318 g/mol. The zero-order valence-electron chi connectivity index (χ0n) is 10.7. The number of Topliss-reactive ketones (excluding diaryl/α,β-unsaturated/α-hetero) is 1. The van der Waals surface area contributed by atoms with Crippen LogP contribution in [0.1, 0.15) is 42.5 Å². The quantitative estimate of drug-likeness (QED) is 0.765. The molecule has 3 rings (SSSR count). The van der Waals surface area contributed by atoms with Gasteiger partial charge in [0.15, 0.2) is 5.78 Å². The first-order valence-electron chi connectivity index (χ1n) is 6.87. The van der Waals surface area contributed by atoms with Crippen molar-refractivity contribution < 1.29 is 4.79 Å². The van der Waals surface area contributed by atoms with Gasteiger partial charge in [-0.25, -0.2) is 0 Å². The predicted molar refractivity (Wildman–Crippen MR) is 80.6 cm³/mol. The lowest BCUT2D eigenvalue weighted by atomic mass is 9.91. The van der Waals surface area contributed by atoms with Gasteiger partial charge >= 0.3 is 0 Å². The van der Waals surface area contributed by atoms with Crippen LogP contribution < -0.4 is 0 Å². The number of nitrogens with zero attached hydrogens (tertiary/aromatic N) is 1. The fourth-order valence-corrected chi connectivity index (χ4v) is 5.05. The third-order valence-electron chi connectivity index (χ3n) is 4.41. The van der Waals surface area contributed by atoms with E-state index in [9.17, 15) is 4.79 Å². The number of likely N-dealkylation sites (tertiary alicyclic amines) is 1. The van der Waals surface area contributed by atoms with Gasteiger partial charge in [-0.1, -0.05) is 29.6 Å². The molecule has 2 heterocycles. The molecule has 0 radical (unpaired) electrons. The number of carbonyl (C=O) groups is 1. The zero-order chi connectivity index (χ0) is 13.4. The molecule has 1 aromatic heterocycles. The molecule has 0 N–H and O–H groups in total. The van der Waals surface area contributed by atoms with Crippen LogP contribution in [0.15, 0.2) is 6.07 Å². The maximum Gasteiger partial charge on any atom is 0.179 e. The molecule has 1 saturated heterocycles. The van der Waals surface area contributed by atoms with E-state index in [0.717, 1.165) is 12.5 Å². The molecule has 19 heavy (non-hydrogen) atoms. The number of ketones is 1. The van der Waals surface area contributed by atoms with Crippen LogP contribution in [0.3, 0.4) is 0 Å². The van der Waals surface area contributed by atoms with Crippen molar-refractivity contribution in [2.45, 2.75) is 38.1 Å². The van der Waals surface area contributed by atoms with Crippen LogP contribution in [0.4, 0.5) is 0 Å². The number of piperidine rings is 1. The van der Waals surface area contributed by atoms with Crippen LogP contribution in [-0.4, -0.2) is 29.8 Å². The Hall–Kier alpha value is -0.0900. The third-order valence-corrected chi connectivity index (χ3v) is 5.90. The van der Waals surface area contributed by atoms with Gasteiger partial charge in [0.25, 0.3) is 0 Å². The molecule has 0 bridgehead atoms. The van der Waals surface area contributed by atoms with Crippen molar-refractivity contribution in [3.05, 3.63) is 20.3 Å². The van der Waals surface area contributed by atoms with Crippen molar-refractivity contribution in [3.8, 4) is 0 Å². The molecule has 0 spiro atoms. The Morgan fingerprint density at radius 3 is 2.84 bits per heavy atom. The molecule has 2 atom stereocenters. The molecule has 1 aliphatic carbocycles. The summed E-state index contributed by atoms with van der Waals surface area (Å²) in [6.45, 7) is 1.54. The van der Waals surface area contributed by atoms with E-state index < -0.39 is 0 Å². The maximum absolute atomic E-state index is 12.4. The number of halogens is 2. The molecule has 1 aliphatic heterocycles. The van der Waals surface area contributed by atoms with E-state index in [1.54, 1.807) is 6.07 Å². The van der Waals surface area contributed by atoms with Crippen molar-refractivity contribution in [1.82, 2.24) is 4.90 Å². The van der Waals surface area contributed by atoms with E-state index in [1.165, 1.54) is 43.4 Å². The highest BCUT2D eigenvalue weighted by atomic mass is 35.5. The average Bonchev–Trinajstić information content (AvgIpc) is 2.96. The number of rotatable bonds is 3. The number of carbonyl (C=O) groups excluding carboxylic acids is 1. The minimum absolute atomic E-state index is 0.112. The zero-order valence-corrected chi connectivity index (χ0v) is 13.0. The number of hydrogen-bond donors (Lipinski definition) is 0. The van der Waals surface area contributed by atoms with Crippen LogP contribution in [0.2, 0.25) is 8.67 Å². The number of thiophene rings is 1. The van der Waals surface area contributed by atoms with E-state index in [-0.39, 0.29) is 5.78 Å². The summed E-state index contributed by atoms with van der Waals surface area (Å²) in [6, 6.07) is 2.32. The first-order valence-corrected chi connectivity index (χ1v) is 8.44. The highest BCUT2D eigenvalue weighted by molar-refractivity contribution is 7.20. The monoisotopic (exact) mass is 317 g/mol. The minimum Gasteiger partial charge on any atom is -0.293 e. The lowest BCUT2D eigenvalue weighted by molar-refractivity contribution is 0.0777. The smallest absolute Gasteiger partial charge is 0.179 e. The van der Waals surface area contributed by atoms with Gasteiger partial charge in [0, 0.05) is 6.04 Å². The van der Waals surface area contributed by atoms with E-state index in [1.807, 2.05) is 0 Å². The summed E-state index contributed by atoms with van der Waals surface area (Å²) in [5, 5.41) is 0. The molecule has 1 aromatic rings. The highest BCUT2D eigenvalue weighted by Gasteiger charge is 2.35. The van der Waals surface area contributed by atoms with Crippen LogP contribution in [-0.2, 0) is 0 Å². The van der Waals surface area contributed by atoms with E-state index in [4.69, 9.17) is 23.2 Å². The molecule has 104 valence electrons. The number of fused-ring (bicyclic) bond motifs is 1. The predicted octanol–water partition coefficient (Wildman–Crippen LogP) is 4.50. The first kappa shape index (κ1) is 13.9. The molecule has 2 unspecified atom stereocenters. The lowest BCUT2D eigenvalue weighted by Crippen LogP contribution is -2.45. The second-order valence-corrected chi connectivity index (χ2v) is 7.82. The molecule has 0 aromatic carbocycles. The van der Waals surface area contributed by atoms with Crippen molar-refractivity contribution in [2.24, 2.45) is 5.92 Å². The van der Waals surface area contributed by atoms with Gasteiger partial charge in [0.2, 0.25) is 0 Å². The second-order valence-electron chi connectivity index (χ2n) is 5.53. The molecule has 0 amide bonds. The van der Waals surface area contributed by atoms with Crippen molar-refractivity contribution >= 4 is 40.3 Å². The SMILES string of the molecule is O=C(CN1CCCC2CCCC21)c1cc(Cl)sc1Cl. The van der Waals surface area contributed by atoms with Crippen LogP contribution in [0.5, 0.6) is 0 Å². The standard InChI is InChI=1S/C14H17Cl2NOS/c15-13-7-10(14(16)19-13)12(18)8-17-6-2-4-9-3-1-5-11(9)17/h7,9,11H,1-6,8H2. The van der Waals surface area contributed by atoms with Gasteiger partial charge in [-0.05, 0) is 44.2 Å².